The van der Waals surface area contributed by atoms with Crippen LogP contribution in [0.25, 0.3) is 5.70 Å². The fraction of sp³-hybridized carbons (Fsp3) is 0.290. The molecule has 0 aliphatic carbocycles. The first-order valence-electron chi connectivity index (χ1n) is 13.3. The Kier molecular flexibility index (Phi) is 8.81. The number of rotatable bonds is 8. The maximum Gasteiger partial charge on any atom is 0.438 e. The van der Waals surface area contributed by atoms with Crippen LogP contribution in [0.4, 0.5) is 13.2 Å². The van der Waals surface area contributed by atoms with Crippen LogP contribution in [0, 0.1) is 5.92 Å². The second kappa shape index (κ2) is 12.2. The summed E-state index contributed by atoms with van der Waals surface area (Å²) in [5.74, 6) is -3.08. The van der Waals surface area contributed by atoms with Crippen LogP contribution in [0.15, 0.2) is 91.4 Å². The number of carbonyl (C=O) groups is 3. The molecule has 3 atom stereocenters. The van der Waals surface area contributed by atoms with Crippen LogP contribution in [0.2, 0.25) is 0 Å². The standard InChI is InChI=1S/C31H31F3N4O4/c1-20(2)27-29(41)38(26(18-22-10-6-4-7-11-22)30(42,31(32,33)34)36-21(3)39)25(23-12-8-5-9-13-23)19-37(27)28(40)24-14-16-35-17-15-24/h4-17,19-20,26-27,42H,18H2,1-3H3,(H,36,39). The monoisotopic (exact) mass is 580 g/mol. The molecule has 3 aromatic rings. The third-order valence-electron chi connectivity index (χ3n) is 7.04. The van der Waals surface area contributed by atoms with Gasteiger partial charge in [0.25, 0.3) is 17.5 Å². The molecule has 2 aromatic carbocycles. The highest BCUT2D eigenvalue weighted by atomic mass is 19.4. The van der Waals surface area contributed by atoms with Crippen LogP contribution in [0.1, 0.15) is 42.3 Å². The summed E-state index contributed by atoms with van der Waals surface area (Å²) in [6.07, 6.45) is -1.69. The summed E-state index contributed by atoms with van der Waals surface area (Å²) >= 11 is 0. The Morgan fingerprint density at radius 1 is 0.976 bits per heavy atom. The van der Waals surface area contributed by atoms with E-state index < -0.39 is 54.0 Å². The van der Waals surface area contributed by atoms with E-state index >= 15 is 0 Å². The first-order valence-corrected chi connectivity index (χ1v) is 13.3. The molecule has 0 saturated carbocycles. The van der Waals surface area contributed by atoms with E-state index in [1.165, 1.54) is 35.6 Å². The highest BCUT2D eigenvalue weighted by molar-refractivity contribution is 6.02. The number of halogens is 3. The van der Waals surface area contributed by atoms with E-state index in [4.69, 9.17) is 0 Å². The first-order chi connectivity index (χ1) is 19.8. The minimum absolute atomic E-state index is 0.0473. The number of amides is 3. The molecule has 0 saturated heterocycles. The van der Waals surface area contributed by atoms with Crippen molar-refractivity contribution >= 4 is 23.4 Å². The number of alkyl halides is 3. The van der Waals surface area contributed by atoms with E-state index in [-0.39, 0.29) is 11.3 Å². The average Bonchev–Trinajstić information content (AvgIpc) is 2.95. The van der Waals surface area contributed by atoms with Gasteiger partial charge in [0.15, 0.2) is 0 Å². The quantitative estimate of drug-likeness (QED) is 0.385. The Bertz CT molecular complexity index is 1450. The van der Waals surface area contributed by atoms with Crippen LogP contribution < -0.4 is 5.32 Å². The van der Waals surface area contributed by atoms with E-state index in [2.05, 4.69) is 4.98 Å². The zero-order chi connectivity index (χ0) is 30.7. The Labute approximate surface area is 241 Å². The van der Waals surface area contributed by atoms with Gasteiger partial charge in [-0.15, -0.1) is 0 Å². The van der Waals surface area contributed by atoms with E-state index in [0.29, 0.717) is 11.1 Å². The van der Waals surface area contributed by atoms with Crippen molar-refractivity contribution in [3.05, 3.63) is 108 Å². The van der Waals surface area contributed by atoms with Crippen molar-refractivity contribution in [3.8, 4) is 0 Å². The van der Waals surface area contributed by atoms with Crippen LogP contribution in [0.3, 0.4) is 0 Å². The minimum Gasteiger partial charge on any atom is -0.362 e. The maximum atomic E-state index is 14.8. The number of carbonyl (C=O) groups excluding carboxylic acids is 3. The van der Waals surface area contributed by atoms with Crippen molar-refractivity contribution in [2.75, 3.05) is 0 Å². The number of nitrogens with zero attached hydrogens (tertiary/aromatic N) is 3. The summed E-state index contributed by atoms with van der Waals surface area (Å²) in [4.78, 5) is 46.3. The van der Waals surface area contributed by atoms with Crippen molar-refractivity contribution in [2.45, 2.75) is 51.2 Å². The van der Waals surface area contributed by atoms with E-state index in [9.17, 15) is 32.7 Å². The number of benzene rings is 2. The van der Waals surface area contributed by atoms with Gasteiger partial charge in [0, 0.05) is 31.1 Å². The van der Waals surface area contributed by atoms with E-state index in [0.717, 1.165) is 11.8 Å². The van der Waals surface area contributed by atoms with E-state index in [1.54, 1.807) is 79.8 Å². The summed E-state index contributed by atoms with van der Waals surface area (Å²) in [5, 5.41) is 13.1. The lowest BCUT2D eigenvalue weighted by molar-refractivity contribution is -0.287. The lowest BCUT2D eigenvalue weighted by atomic mass is 9.88. The van der Waals surface area contributed by atoms with Gasteiger partial charge in [-0.3, -0.25) is 24.3 Å². The van der Waals surface area contributed by atoms with Gasteiger partial charge in [0.05, 0.1) is 11.7 Å². The van der Waals surface area contributed by atoms with Crippen LogP contribution in [-0.4, -0.2) is 61.6 Å². The summed E-state index contributed by atoms with van der Waals surface area (Å²) in [7, 11) is 0. The van der Waals surface area contributed by atoms with Crippen LogP contribution in [0.5, 0.6) is 0 Å². The molecule has 220 valence electrons. The average molecular weight is 581 g/mol. The number of pyridine rings is 1. The second-order valence-electron chi connectivity index (χ2n) is 10.4. The molecule has 42 heavy (non-hydrogen) atoms. The van der Waals surface area contributed by atoms with Gasteiger partial charge in [0.2, 0.25) is 5.91 Å². The lowest BCUT2D eigenvalue weighted by Gasteiger charge is -2.49. The summed E-state index contributed by atoms with van der Waals surface area (Å²) in [5.41, 5.74) is -2.96. The van der Waals surface area contributed by atoms with Gasteiger partial charge >= 0.3 is 6.18 Å². The van der Waals surface area contributed by atoms with E-state index in [1.807, 2.05) is 0 Å². The van der Waals surface area contributed by atoms with Crippen LogP contribution in [-0.2, 0) is 16.0 Å². The van der Waals surface area contributed by atoms with Crippen molar-refractivity contribution in [1.29, 1.82) is 0 Å². The third-order valence-corrected chi connectivity index (χ3v) is 7.04. The molecule has 1 aliphatic rings. The smallest absolute Gasteiger partial charge is 0.362 e. The van der Waals surface area contributed by atoms with Gasteiger partial charge in [0.1, 0.15) is 6.04 Å². The Balaban J connectivity index is 2.00. The Morgan fingerprint density at radius 3 is 2.07 bits per heavy atom. The normalized spacial score (nSPS) is 17.9. The van der Waals surface area contributed by atoms with Crippen molar-refractivity contribution < 1.29 is 32.7 Å². The third kappa shape index (κ3) is 6.06. The second-order valence-corrected chi connectivity index (χ2v) is 10.4. The summed E-state index contributed by atoms with van der Waals surface area (Å²) < 4.78 is 44.5. The molecule has 0 bridgehead atoms. The molecular weight excluding hydrogens is 549 g/mol. The number of nitrogens with one attached hydrogen (secondary N) is 1. The van der Waals surface area contributed by atoms with Gasteiger partial charge < -0.3 is 15.3 Å². The minimum atomic E-state index is -5.39. The fourth-order valence-corrected chi connectivity index (χ4v) is 5.11. The number of hydrogen-bond acceptors (Lipinski definition) is 5. The SMILES string of the molecule is CC(=O)NC(O)(C(Cc1ccccc1)N1C(=O)C(C(C)C)N(C(=O)c2ccncc2)C=C1c1ccccc1)C(F)(F)F. The summed E-state index contributed by atoms with van der Waals surface area (Å²) in [6, 6.07) is 15.9. The van der Waals surface area contributed by atoms with Gasteiger partial charge in [-0.05, 0) is 35.6 Å². The van der Waals surface area contributed by atoms with Gasteiger partial charge in [-0.2, -0.15) is 13.2 Å². The van der Waals surface area contributed by atoms with Crippen molar-refractivity contribution in [2.24, 2.45) is 5.92 Å². The molecule has 11 heteroatoms. The number of aromatic nitrogens is 1. The topological polar surface area (TPSA) is 103 Å². The molecule has 0 spiro atoms. The Morgan fingerprint density at radius 2 is 1.55 bits per heavy atom. The molecule has 0 fully saturated rings. The van der Waals surface area contributed by atoms with Crippen LogP contribution >= 0.6 is 0 Å². The zero-order valence-electron chi connectivity index (χ0n) is 23.2. The molecule has 0 radical (unpaired) electrons. The first kappa shape index (κ1) is 30.4. The maximum absolute atomic E-state index is 14.8. The highest BCUT2D eigenvalue weighted by Crippen LogP contribution is 2.41. The van der Waals surface area contributed by atoms with Crippen molar-refractivity contribution in [3.63, 3.8) is 0 Å². The molecule has 1 aliphatic heterocycles. The van der Waals surface area contributed by atoms with Gasteiger partial charge in [-0.1, -0.05) is 74.5 Å². The largest absolute Gasteiger partial charge is 0.438 e. The molecular formula is C31H31F3N4O4. The molecule has 2 N–H and O–H groups in total. The highest BCUT2D eigenvalue weighted by Gasteiger charge is 2.63. The number of hydrogen-bond donors (Lipinski definition) is 2. The molecule has 1 aromatic heterocycles. The fourth-order valence-electron chi connectivity index (χ4n) is 5.11. The van der Waals surface area contributed by atoms with Crippen molar-refractivity contribution in [1.82, 2.24) is 20.1 Å². The zero-order valence-corrected chi connectivity index (χ0v) is 23.2. The Hall–Kier alpha value is -4.51. The molecule has 3 amide bonds. The lowest BCUT2D eigenvalue weighted by Crippen LogP contribution is -2.72. The molecule has 3 unspecified atom stereocenters. The molecule has 4 rings (SSSR count). The molecule has 2 heterocycles. The predicted octanol–water partition coefficient (Wildman–Crippen LogP) is 4.39. The predicted molar refractivity (Wildman–Crippen MR) is 149 cm³/mol. The number of aliphatic hydroxyl groups is 1. The molecule has 8 nitrogen and oxygen atoms in total. The summed E-state index contributed by atoms with van der Waals surface area (Å²) in [6.45, 7) is 4.20. The van der Waals surface area contributed by atoms with Gasteiger partial charge in [-0.25, -0.2) is 0 Å².